The highest BCUT2D eigenvalue weighted by molar-refractivity contribution is 7.10. The first kappa shape index (κ1) is 20.3. The second-order valence-corrected chi connectivity index (χ2v) is 8.54. The van der Waals surface area contributed by atoms with Crippen molar-refractivity contribution in [2.24, 2.45) is 10.9 Å². The van der Waals surface area contributed by atoms with Gasteiger partial charge in [-0.2, -0.15) is 0 Å². The van der Waals surface area contributed by atoms with Crippen LogP contribution >= 0.6 is 11.3 Å². The van der Waals surface area contributed by atoms with Gasteiger partial charge in [-0.15, -0.1) is 11.3 Å². The highest BCUT2D eigenvalue weighted by Gasteiger charge is 2.44. The largest absolute Gasteiger partial charge is 0.493 e. The molecule has 1 aromatic heterocycles. The Morgan fingerprint density at radius 3 is 2.57 bits per heavy atom. The van der Waals surface area contributed by atoms with Crippen molar-refractivity contribution in [2.75, 3.05) is 14.2 Å². The molecule has 1 aromatic carbocycles. The molecular formula is C23H23NO5S. The molecular weight excluding hydrogens is 402 g/mol. The lowest BCUT2D eigenvalue weighted by Crippen LogP contribution is -2.36. The number of methoxy groups -OCH3 is 2. The van der Waals surface area contributed by atoms with Crippen molar-refractivity contribution >= 4 is 28.8 Å². The van der Waals surface area contributed by atoms with E-state index in [1.165, 1.54) is 11.3 Å². The molecule has 1 aliphatic heterocycles. The molecule has 1 aliphatic carbocycles. The van der Waals surface area contributed by atoms with E-state index in [0.717, 1.165) is 10.4 Å². The van der Waals surface area contributed by atoms with Gasteiger partial charge >= 0.3 is 5.97 Å². The smallest absolute Gasteiger partial charge is 0.313 e. The first-order valence-electron chi connectivity index (χ1n) is 9.74. The van der Waals surface area contributed by atoms with E-state index >= 15 is 0 Å². The van der Waals surface area contributed by atoms with Gasteiger partial charge in [0.1, 0.15) is 5.92 Å². The van der Waals surface area contributed by atoms with Crippen LogP contribution in [0.25, 0.3) is 0 Å². The van der Waals surface area contributed by atoms with Crippen molar-refractivity contribution < 1.29 is 24.2 Å². The van der Waals surface area contributed by atoms with Crippen molar-refractivity contribution in [3.05, 3.63) is 57.4 Å². The SMILES string of the molecule is COc1ccc(C2CC(=O)C3=C(C2)N=C(C)C(C(=O)O)C3c2cccs2)cc1OC. The maximum atomic E-state index is 13.3. The number of carbonyl (C=O) groups is 2. The van der Waals surface area contributed by atoms with Crippen LogP contribution in [0.5, 0.6) is 11.5 Å². The number of nitrogens with zero attached hydrogens (tertiary/aromatic N) is 1. The van der Waals surface area contributed by atoms with Gasteiger partial charge in [-0.25, -0.2) is 0 Å². The second-order valence-electron chi connectivity index (χ2n) is 7.57. The summed E-state index contributed by atoms with van der Waals surface area (Å²) >= 11 is 1.48. The van der Waals surface area contributed by atoms with Crippen LogP contribution in [0.1, 0.15) is 42.0 Å². The molecule has 2 aromatic rings. The van der Waals surface area contributed by atoms with Crippen molar-refractivity contribution in [1.29, 1.82) is 0 Å². The molecule has 156 valence electrons. The number of benzene rings is 1. The van der Waals surface area contributed by atoms with Crippen molar-refractivity contribution in [3.8, 4) is 11.5 Å². The van der Waals surface area contributed by atoms with Gasteiger partial charge in [-0.1, -0.05) is 12.1 Å². The van der Waals surface area contributed by atoms with Gasteiger partial charge in [0.15, 0.2) is 17.3 Å². The van der Waals surface area contributed by atoms with E-state index in [0.29, 0.717) is 41.3 Å². The standard InChI is InChI=1S/C23H23NO5S/c1-12-20(23(26)27)22(19-5-4-8-30-19)21-15(24-12)9-14(10-16(21)25)13-6-7-17(28-2)18(11-13)29-3/h4-8,11,14,20,22H,9-10H2,1-3H3,(H,26,27). The summed E-state index contributed by atoms with van der Waals surface area (Å²) in [5, 5.41) is 11.8. The van der Waals surface area contributed by atoms with Crippen LogP contribution in [0.4, 0.5) is 0 Å². The van der Waals surface area contributed by atoms with Gasteiger partial charge in [-0.05, 0) is 48.4 Å². The highest BCUT2D eigenvalue weighted by Crippen LogP contribution is 2.48. The molecule has 2 heterocycles. The molecule has 0 amide bonds. The zero-order valence-electron chi connectivity index (χ0n) is 17.0. The van der Waals surface area contributed by atoms with Crippen molar-refractivity contribution in [1.82, 2.24) is 0 Å². The van der Waals surface area contributed by atoms with Crippen LogP contribution in [0.2, 0.25) is 0 Å². The quantitative estimate of drug-likeness (QED) is 0.766. The predicted molar refractivity (Wildman–Crippen MR) is 115 cm³/mol. The Hall–Kier alpha value is -2.93. The summed E-state index contributed by atoms with van der Waals surface area (Å²) in [6.45, 7) is 1.74. The molecule has 0 saturated heterocycles. The fourth-order valence-electron chi connectivity index (χ4n) is 4.50. The topological polar surface area (TPSA) is 85.2 Å². The van der Waals surface area contributed by atoms with E-state index in [2.05, 4.69) is 4.99 Å². The van der Waals surface area contributed by atoms with Crippen LogP contribution < -0.4 is 9.47 Å². The van der Waals surface area contributed by atoms with E-state index in [9.17, 15) is 14.7 Å². The van der Waals surface area contributed by atoms with Crippen LogP contribution in [-0.2, 0) is 9.59 Å². The number of aliphatic carboxylic acids is 1. The maximum Gasteiger partial charge on any atom is 0.313 e. The summed E-state index contributed by atoms with van der Waals surface area (Å²) in [7, 11) is 3.17. The molecule has 1 N–H and O–H groups in total. The van der Waals surface area contributed by atoms with E-state index in [4.69, 9.17) is 9.47 Å². The number of thiophene rings is 1. The lowest BCUT2D eigenvalue weighted by atomic mass is 9.71. The summed E-state index contributed by atoms with van der Waals surface area (Å²) in [5.41, 5.74) is 2.79. The first-order valence-corrected chi connectivity index (χ1v) is 10.6. The van der Waals surface area contributed by atoms with Crippen LogP contribution in [0, 0.1) is 5.92 Å². The number of aliphatic imine (C=N–C) groups is 1. The third kappa shape index (κ3) is 3.43. The fourth-order valence-corrected chi connectivity index (χ4v) is 5.37. The average molecular weight is 426 g/mol. The highest BCUT2D eigenvalue weighted by atomic mass is 32.1. The third-order valence-corrected chi connectivity index (χ3v) is 6.84. The Balaban J connectivity index is 1.75. The summed E-state index contributed by atoms with van der Waals surface area (Å²) in [4.78, 5) is 30.8. The summed E-state index contributed by atoms with van der Waals surface area (Å²) in [6, 6.07) is 9.48. The van der Waals surface area contributed by atoms with Crippen molar-refractivity contribution in [3.63, 3.8) is 0 Å². The van der Waals surface area contributed by atoms with Gasteiger partial charge in [0.05, 0.1) is 14.2 Å². The molecule has 7 heteroatoms. The molecule has 2 aliphatic rings. The molecule has 0 bridgehead atoms. The molecule has 0 radical (unpaired) electrons. The number of carboxylic acid groups (broad SMARTS) is 1. The third-order valence-electron chi connectivity index (χ3n) is 5.88. The van der Waals surface area contributed by atoms with E-state index in [1.807, 2.05) is 35.7 Å². The molecule has 3 unspecified atom stereocenters. The molecule has 3 atom stereocenters. The predicted octanol–water partition coefficient (Wildman–Crippen LogP) is 4.43. The number of hydrogen-bond acceptors (Lipinski definition) is 6. The van der Waals surface area contributed by atoms with Gasteiger partial charge in [0.25, 0.3) is 0 Å². The minimum absolute atomic E-state index is 0.0306. The first-order chi connectivity index (χ1) is 14.4. The summed E-state index contributed by atoms with van der Waals surface area (Å²) < 4.78 is 10.7. The Morgan fingerprint density at radius 2 is 1.93 bits per heavy atom. The van der Waals surface area contributed by atoms with E-state index < -0.39 is 17.8 Å². The molecule has 4 rings (SSSR count). The van der Waals surface area contributed by atoms with E-state index in [-0.39, 0.29) is 11.7 Å². The van der Waals surface area contributed by atoms with Gasteiger partial charge in [-0.3, -0.25) is 14.6 Å². The molecule has 30 heavy (non-hydrogen) atoms. The lowest BCUT2D eigenvalue weighted by Gasteiger charge is -2.35. The maximum absolute atomic E-state index is 13.3. The van der Waals surface area contributed by atoms with Gasteiger partial charge in [0, 0.05) is 34.2 Å². The monoisotopic (exact) mass is 425 g/mol. The summed E-state index contributed by atoms with van der Waals surface area (Å²) in [5.74, 6) is -1.06. The second kappa shape index (κ2) is 8.07. The number of rotatable bonds is 5. The number of ketones is 1. The number of hydrogen-bond donors (Lipinski definition) is 1. The zero-order chi connectivity index (χ0) is 21.4. The number of carboxylic acids is 1. The Kier molecular flexibility index (Phi) is 5.47. The molecule has 0 fully saturated rings. The van der Waals surface area contributed by atoms with E-state index in [1.54, 1.807) is 21.1 Å². The minimum atomic E-state index is -0.948. The minimum Gasteiger partial charge on any atom is -0.493 e. The number of carbonyl (C=O) groups excluding carboxylic acids is 1. The molecule has 0 spiro atoms. The van der Waals surface area contributed by atoms with Gasteiger partial charge in [0.2, 0.25) is 0 Å². The fraction of sp³-hybridized carbons (Fsp3) is 0.348. The number of allylic oxidation sites excluding steroid dienone is 2. The molecule has 0 saturated carbocycles. The Morgan fingerprint density at radius 1 is 1.17 bits per heavy atom. The van der Waals surface area contributed by atoms with Gasteiger partial charge < -0.3 is 14.6 Å². The van der Waals surface area contributed by atoms with Crippen molar-refractivity contribution in [2.45, 2.75) is 31.6 Å². The van der Waals surface area contributed by atoms with Crippen LogP contribution in [-0.4, -0.2) is 36.8 Å². The normalized spacial score (nSPS) is 23.6. The zero-order valence-corrected chi connectivity index (χ0v) is 17.9. The summed E-state index contributed by atoms with van der Waals surface area (Å²) in [6.07, 6.45) is 0.902. The number of ether oxygens (including phenoxy) is 2. The van der Waals surface area contributed by atoms with Crippen LogP contribution in [0.15, 0.2) is 52.0 Å². The lowest BCUT2D eigenvalue weighted by molar-refractivity contribution is -0.139. The Labute approximate surface area is 178 Å². The average Bonchev–Trinajstić information content (AvgIpc) is 3.26. The Bertz CT molecular complexity index is 1050. The van der Waals surface area contributed by atoms with Crippen LogP contribution in [0.3, 0.4) is 0 Å². The molecule has 6 nitrogen and oxygen atoms in total. The number of Topliss-reactive ketones (excluding diaryl/α,β-unsaturated/α-hetero) is 1.